The largest absolute Gasteiger partial charge is 0.333 e. The highest BCUT2D eigenvalue weighted by Gasteiger charge is 2.23. The molecule has 0 radical (unpaired) electrons. The van der Waals surface area contributed by atoms with Crippen LogP contribution in [0, 0.1) is 0 Å². The molecule has 1 fully saturated rings. The van der Waals surface area contributed by atoms with Crippen molar-refractivity contribution in [2.24, 2.45) is 5.73 Å². The zero-order chi connectivity index (χ0) is 8.85. The van der Waals surface area contributed by atoms with E-state index in [0.29, 0.717) is 19.5 Å². The number of rotatable bonds is 1. The highest BCUT2D eigenvalue weighted by molar-refractivity contribution is 7.81. The van der Waals surface area contributed by atoms with E-state index in [1.54, 1.807) is 10.6 Å². The van der Waals surface area contributed by atoms with Crippen LogP contribution < -0.4 is 5.73 Å². The molecule has 0 aliphatic carbocycles. The summed E-state index contributed by atoms with van der Waals surface area (Å²) < 4.78 is 24.7. The van der Waals surface area contributed by atoms with Gasteiger partial charge in [-0.25, -0.2) is 12.9 Å². The lowest BCUT2D eigenvalue weighted by molar-refractivity contribution is 0.347. The van der Waals surface area contributed by atoms with Gasteiger partial charge >= 0.3 is 0 Å². The van der Waals surface area contributed by atoms with E-state index in [1.165, 1.54) is 7.05 Å². The Morgan fingerprint density at radius 3 is 2.36 bits per heavy atom. The van der Waals surface area contributed by atoms with Gasteiger partial charge in [0.2, 0.25) is 0 Å². The third kappa shape index (κ3) is 3.79. The lowest BCUT2D eigenvalue weighted by Crippen LogP contribution is -2.22. The van der Waals surface area contributed by atoms with Crippen LogP contribution in [0.5, 0.6) is 0 Å². The van der Waals surface area contributed by atoms with Crippen molar-refractivity contribution in [3.63, 3.8) is 0 Å². The molecule has 5 heteroatoms. The predicted molar refractivity (Wildman–Crippen MR) is 45.3 cm³/mol. The van der Waals surface area contributed by atoms with Crippen LogP contribution in [0.1, 0.15) is 6.42 Å². The predicted octanol–water partition coefficient (Wildman–Crippen LogP) is -0.101. The molecule has 0 aromatic carbocycles. The molecular formula is C6H15FN2OS. The summed E-state index contributed by atoms with van der Waals surface area (Å²) in [6.45, 7) is 0.993. The molecule has 1 heterocycles. The van der Waals surface area contributed by atoms with Crippen molar-refractivity contribution >= 4 is 11.0 Å². The van der Waals surface area contributed by atoms with Gasteiger partial charge in [0, 0.05) is 19.3 Å². The number of hydrogen-bond donors (Lipinski definition) is 1. The smallest absolute Gasteiger partial charge is 0.115 e. The summed E-state index contributed by atoms with van der Waals surface area (Å²) in [4.78, 5) is 0. The number of halogens is 1. The van der Waals surface area contributed by atoms with Crippen molar-refractivity contribution in [1.29, 1.82) is 0 Å². The average molecular weight is 182 g/mol. The molecule has 1 aliphatic rings. The number of hydrogen-bond acceptors (Lipinski definition) is 2. The molecule has 0 aromatic heterocycles. The molecule has 0 saturated carbocycles. The molecule has 1 saturated heterocycles. The van der Waals surface area contributed by atoms with Gasteiger partial charge in [0.05, 0.1) is 11.0 Å². The highest BCUT2D eigenvalue weighted by Crippen LogP contribution is 2.12. The lowest BCUT2D eigenvalue weighted by atomic mass is 10.4. The van der Waals surface area contributed by atoms with Crippen LogP contribution >= 0.6 is 0 Å². The maximum absolute atomic E-state index is 12.4. The lowest BCUT2D eigenvalue weighted by Gasteiger charge is -2.07. The topological polar surface area (TPSA) is 46.3 Å². The first kappa shape index (κ1) is 11.0. The van der Waals surface area contributed by atoms with Crippen LogP contribution in [0.15, 0.2) is 0 Å². The fourth-order valence-electron chi connectivity index (χ4n) is 0.921. The van der Waals surface area contributed by atoms with Crippen LogP contribution in [0.2, 0.25) is 0 Å². The van der Waals surface area contributed by atoms with Gasteiger partial charge in [0.15, 0.2) is 0 Å². The van der Waals surface area contributed by atoms with Gasteiger partial charge in [0.1, 0.15) is 6.17 Å². The molecule has 1 aliphatic heterocycles. The minimum Gasteiger partial charge on any atom is -0.333 e. The average Bonchev–Trinajstić information content (AvgIpc) is 2.40. The molecule has 0 amide bonds. The van der Waals surface area contributed by atoms with Gasteiger partial charge in [-0.05, 0) is 13.5 Å². The van der Waals surface area contributed by atoms with E-state index in [1.807, 2.05) is 0 Å². The molecular weight excluding hydrogens is 167 g/mol. The third-order valence-electron chi connectivity index (χ3n) is 1.46. The molecule has 2 atom stereocenters. The Kier molecular flexibility index (Phi) is 5.62. The molecule has 2 unspecified atom stereocenters. The van der Waals surface area contributed by atoms with Crippen molar-refractivity contribution in [2.75, 3.05) is 26.4 Å². The normalized spacial score (nSPS) is 27.5. The summed E-state index contributed by atoms with van der Waals surface area (Å²) in [6, 6.07) is 0. The van der Waals surface area contributed by atoms with Gasteiger partial charge in [-0.1, -0.05) is 0 Å². The maximum Gasteiger partial charge on any atom is 0.115 e. The maximum atomic E-state index is 12.4. The highest BCUT2D eigenvalue weighted by atomic mass is 32.2. The minimum absolute atomic E-state index is 0.350. The van der Waals surface area contributed by atoms with Gasteiger partial charge in [-0.15, -0.1) is 0 Å². The Balaban J connectivity index is 0.000000461. The van der Waals surface area contributed by atoms with Crippen molar-refractivity contribution < 1.29 is 8.60 Å². The summed E-state index contributed by atoms with van der Waals surface area (Å²) in [5.74, 6) is 0. The second-order valence-electron chi connectivity index (χ2n) is 2.20. The summed E-state index contributed by atoms with van der Waals surface area (Å²) in [7, 11) is 0.532. The molecule has 3 nitrogen and oxygen atoms in total. The first-order valence-electron chi connectivity index (χ1n) is 3.50. The van der Waals surface area contributed by atoms with E-state index in [-0.39, 0.29) is 0 Å². The van der Waals surface area contributed by atoms with Crippen LogP contribution in [0.4, 0.5) is 4.39 Å². The molecule has 11 heavy (non-hydrogen) atoms. The van der Waals surface area contributed by atoms with Crippen molar-refractivity contribution in [1.82, 2.24) is 4.31 Å². The monoisotopic (exact) mass is 182 g/mol. The summed E-state index contributed by atoms with van der Waals surface area (Å²) in [6.07, 6.45) is 1.37. The van der Waals surface area contributed by atoms with Gasteiger partial charge in [-0.3, -0.25) is 0 Å². The summed E-state index contributed by atoms with van der Waals surface area (Å²) in [5.41, 5.74) is 4.50. The second-order valence-corrected chi connectivity index (χ2v) is 3.56. The summed E-state index contributed by atoms with van der Waals surface area (Å²) >= 11 is 0. The number of alkyl halides is 1. The zero-order valence-corrected chi connectivity index (χ0v) is 7.73. The third-order valence-corrected chi connectivity index (χ3v) is 2.52. The summed E-state index contributed by atoms with van der Waals surface area (Å²) in [5, 5.41) is 0. The fourth-order valence-corrected chi connectivity index (χ4v) is 1.66. The van der Waals surface area contributed by atoms with Crippen LogP contribution in [-0.4, -0.2) is 41.1 Å². The van der Waals surface area contributed by atoms with Crippen molar-refractivity contribution in [2.45, 2.75) is 12.6 Å². The minimum atomic E-state index is -0.968. The fraction of sp³-hybridized carbons (Fsp3) is 1.00. The standard InChI is InChI=1S/C5H10FNOS.CH5N/c1-9(8)7-3-2-5(6)4-7;1-2/h5H,2-4H2,1H3;2H2,1H3. The number of nitrogens with zero attached hydrogens (tertiary/aromatic N) is 1. The van der Waals surface area contributed by atoms with E-state index in [0.717, 1.165) is 0 Å². The SMILES string of the molecule is CN.CS(=O)N1CCC(F)C1. The number of nitrogens with two attached hydrogens (primary N) is 1. The molecule has 0 aromatic rings. The first-order chi connectivity index (χ1) is 5.20. The molecule has 1 rings (SSSR count). The zero-order valence-electron chi connectivity index (χ0n) is 6.92. The quantitative estimate of drug-likeness (QED) is 0.615. The molecule has 0 bridgehead atoms. The van der Waals surface area contributed by atoms with Crippen LogP contribution in [0.3, 0.4) is 0 Å². The Labute approximate surface area is 69.3 Å². The molecule has 0 spiro atoms. The van der Waals surface area contributed by atoms with Gasteiger partial charge in [-0.2, -0.15) is 0 Å². The van der Waals surface area contributed by atoms with E-state index >= 15 is 0 Å². The van der Waals surface area contributed by atoms with Crippen LogP contribution in [0.25, 0.3) is 0 Å². The Hall–Kier alpha value is -0.0000000000000000278. The van der Waals surface area contributed by atoms with Gasteiger partial charge in [0.25, 0.3) is 0 Å². The van der Waals surface area contributed by atoms with E-state index in [2.05, 4.69) is 5.73 Å². The Bertz CT molecular complexity index is 134. The van der Waals surface area contributed by atoms with E-state index in [9.17, 15) is 8.60 Å². The Morgan fingerprint density at radius 2 is 2.18 bits per heavy atom. The Morgan fingerprint density at radius 1 is 1.64 bits per heavy atom. The van der Waals surface area contributed by atoms with Crippen LogP contribution in [-0.2, 0) is 11.0 Å². The van der Waals surface area contributed by atoms with Crippen molar-refractivity contribution in [3.8, 4) is 0 Å². The molecule has 2 N–H and O–H groups in total. The first-order valence-corrected chi connectivity index (χ1v) is 5.02. The van der Waals surface area contributed by atoms with Crippen molar-refractivity contribution in [3.05, 3.63) is 0 Å². The van der Waals surface area contributed by atoms with Gasteiger partial charge < -0.3 is 5.73 Å². The second kappa shape index (κ2) is 5.62. The van der Waals surface area contributed by atoms with E-state index < -0.39 is 17.2 Å². The molecule has 68 valence electrons. The van der Waals surface area contributed by atoms with E-state index in [4.69, 9.17) is 0 Å².